The summed E-state index contributed by atoms with van der Waals surface area (Å²) in [4.78, 5) is 11.8. The van der Waals surface area contributed by atoms with Crippen LogP contribution in [0.4, 0.5) is 26.3 Å². The molecule has 12 heteroatoms. The fraction of sp³-hybridized carbons (Fsp3) is 0.381. The Morgan fingerprint density at radius 3 is 2.30 bits per heavy atom. The van der Waals surface area contributed by atoms with Crippen LogP contribution in [0.1, 0.15) is 37.3 Å². The number of aliphatic carboxylic acids is 1. The maximum Gasteiger partial charge on any atom is 0.422 e. The molecule has 1 atom stereocenters. The summed E-state index contributed by atoms with van der Waals surface area (Å²) in [6.45, 7) is 1.44. The lowest BCUT2D eigenvalue weighted by Gasteiger charge is -2.23. The first-order valence-corrected chi connectivity index (χ1v) is 9.66. The monoisotopic (exact) mass is 476 g/mol. The second-order valence-electron chi connectivity index (χ2n) is 7.83. The molecule has 3 aromatic rings. The van der Waals surface area contributed by atoms with Crippen molar-refractivity contribution in [2.75, 3.05) is 6.61 Å². The molecule has 0 spiro atoms. The Kier molecular flexibility index (Phi) is 6.57. The van der Waals surface area contributed by atoms with Crippen LogP contribution in [0.5, 0.6) is 5.75 Å². The molecule has 1 N–H and O–H groups in total. The third-order valence-electron chi connectivity index (χ3n) is 4.77. The van der Waals surface area contributed by atoms with Crippen LogP contribution in [-0.4, -0.2) is 34.2 Å². The minimum Gasteiger partial charge on any atom is -0.483 e. The molecule has 0 saturated heterocycles. The van der Waals surface area contributed by atoms with Crippen molar-refractivity contribution in [1.29, 1.82) is 0 Å². The summed E-state index contributed by atoms with van der Waals surface area (Å²) in [6, 6.07) is 5.58. The Morgan fingerprint density at radius 2 is 1.73 bits per heavy atom. The van der Waals surface area contributed by atoms with E-state index in [2.05, 4.69) is 19.7 Å². The lowest BCUT2D eigenvalue weighted by molar-refractivity contribution is -0.158. The molecule has 0 amide bonds. The number of rotatable bonds is 7. The average molecular weight is 476 g/mol. The normalized spacial score (nSPS) is 13.5. The van der Waals surface area contributed by atoms with Crippen LogP contribution in [-0.2, 0) is 11.0 Å². The summed E-state index contributed by atoms with van der Waals surface area (Å²) < 4.78 is 89.4. The van der Waals surface area contributed by atoms with E-state index in [1.54, 1.807) is 13.8 Å². The first-order valence-electron chi connectivity index (χ1n) is 9.66. The summed E-state index contributed by atoms with van der Waals surface area (Å²) in [5.41, 5.74) is -1.64. The minimum atomic E-state index is -5.12. The van der Waals surface area contributed by atoms with Crippen molar-refractivity contribution in [3.63, 3.8) is 0 Å². The van der Waals surface area contributed by atoms with Gasteiger partial charge in [0.1, 0.15) is 16.8 Å². The summed E-state index contributed by atoms with van der Waals surface area (Å²) in [5, 5.41) is 16.8. The van der Waals surface area contributed by atoms with Gasteiger partial charge in [-0.2, -0.15) is 26.3 Å². The van der Waals surface area contributed by atoms with Crippen molar-refractivity contribution >= 4 is 17.0 Å². The minimum absolute atomic E-state index is 0.0149. The maximum absolute atomic E-state index is 13.9. The molecule has 6 nitrogen and oxygen atoms in total. The smallest absolute Gasteiger partial charge is 0.422 e. The Bertz CT molecular complexity index is 1150. The second kappa shape index (κ2) is 8.91. The van der Waals surface area contributed by atoms with Crippen molar-refractivity contribution in [2.45, 2.75) is 38.5 Å². The number of ether oxygens (including phenoxy) is 1. The van der Waals surface area contributed by atoms with Gasteiger partial charge in [0, 0.05) is 5.56 Å². The molecule has 1 heterocycles. The molecule has 0 aliphatic carbocycles. The lowest BCUT2D eigenvalue weighted by atomic mass is 9.86. The van der Waals surface area contributed by atoms with Crippen LogP contribution in [0.2, 0.25) is 0 Å². The van der Waals surface area contributed by atoms with Gasteiger partial charge in [-0.3, -0.25) is 4.79 Å². The van der Waals surface area contributed by atoms with Crippen molar-refractivity contribution in [1.82, 2.24) is 10.3 Å². The van der Waals surface area contributed by atoms with Crippen molar-refractivity contribution in [3.8, 4) is 16.9 Å². The summed E-state index contributed by atoms with van der Waals surface area (Å²) in [6.07, 6.45) is -10.0. The number of alkyl halides is 6. The topological polar surface area (TPSA) is 85.5 Å². The van der Waals surface area contributed by atoms with E-state index >= 15 is 0 Å². The van der Waals surface area contributed by atoms with Crippen LogP contribution in [0.15, 0.2) is 35.0 Å². The number of benzene rings is 2. The van der Waals surface area contributed by atoms with Crippen LogP contribution in [0.3, 0.4) is 0 Å². The number of hydrogen-bond acceptors (Lipinski definition) is 5. The first kappa shape index (κ1) is 24.3. The van der Waals surface area contributed by atoms with Gasteiger partial charge in [-0.05, 0) is 58.0 Å². The third kappa shape index (κ3) is 5.74. The predicted octanol–water partition coefficient (Wildman–Crippen LogP) is 6.06. The Hall–Kier alpha value is -3.31. The number of aromatic nitrogens is 2. The summed E-state index contributed by atoms with van der Waals surface area (Å²) >= 11 is 0. The largest absolute Gasteiger partial charge is 0.483 e. The van der Waals surface area contributed by atoms with E-state index in [-0.39, 0.29) is 40.1 Å². The van der Waals surface area contributed by atoms with Crippen LogP contribution in [0.25, 0.3) is 22.2 Å². The molecular weight excluding hydrogens is 458 g/mol. The number of hydrogen-bond donors (Lipinski definition) is 1. The van der Waals surface area contributed by atoms with Gasteiger partial charge in [0.25, 0.3) is 0 Å². The zero-order valence-corrected chi connectivity index (χ0v) is 17.3. The number of carbonyl (C=O) groups is 1. The molecule has 0 bridgehead atoms. The molecule has 33 heavy (non-hydrogen) atoms. The van der Waals surface area contributed by atoms with Crippen LogP contribution in [0, 0.1) is 5.92 Å². The molecule has 0 aliphatic heterocycles. The molecule has 0 fully saturated rings. The fourth-order valence-electron chi connectivity index (χ4n) is 3.39. The van der Waals surface area contributed by atoms with Gasteiger partial charge < -0.3 is 9.84 Å². The molecule has 1 aromatic heterocycles. The highest BCUT2D eigenvalue weighted by atomic mass is 19.4. The van der Waals surface area contributed by atoms with Crippen molar-refractivity contribution < 1.29 is 45.6 Å². The van der Waals surface area contributed by atoms with Crippen molar-refractivity contribution in [3.05, 3.63) is 41.5 Å². The van der Waals surface area contributed by atoms with E-state index in [1.807, 2.05) is 0 Å². The first-order chi connectivity index (χ1) is 15.3. The number of carboxylic acid groups (broad SMARTS) is 1. The summed E-state index contributed by atoms with van der Waals surface area (Å²) in [5.74, 6) is -3.92. The number of carboxylic acids is 1. The zero-order chi connectivity index (χ0) is 24.6. The van der Waals surface area contributed by atoms with Crippen molar-refractivity contribution in [2.24, 2.45) is 5.92 Å². The number of halogens is 6. The molecule has 2 aromatic carbocycles. The molecular formula is C21H18F6N2O4. The Balaban J connectivity index is 2.30. The predicted molar refractivity (Wildman–Crippen MR) is 104 cm³/mol. The highest BCUT2D eigenvalue weighted by molar-refractivity contribution is 5.85. The van der Waals surface area contributed by atoms with Crippen LogP contribution >= 0.6 is 0 Å². The second-order valence-corrected chi connectivity index (χ2v) is 7.83. The lowest BCUT2D eigenvalue weighted by Crippen LogP contribution is -2.22. The standard InChI is InChI=1S/C21H18F6N2O4/c1-10(2)5-14(19(30)31)12-6-13(11-3-4-16-17(8-11)29-33-28-16)18(32-9-20(22,23)24)15(7-12)21(25,26)27/h3-4,6-8,10,14H,5,9H2,1-2H3,(H,30,31)/t14-/m0/s1. The van der Waals surface area contributed by atoms with Crippen LogP contribution < -0.4 is 4.74 Å². The van der Waals surface area contributed by atoms with Gasteiger partial charge in [-0.25, -0.2) is 4.63 Å². The molecule has 0 radical (unpaired) electrons. The quantitative estimate of drug-likeness (QED) is 0.417. The van der Waals surface area contributed by atoms with Gasteiger partial charge >= 0.3 is 18.3 Å². The zero-order valence-electron chi connectivity index (χ0n) is 17.3. The maximum atomic E-state index is 13.9. The van der Waals surface area contributed by atoms with Gasteiger partial charge in [0.2, 0.25) is 0 Å². The van der Waals surface area contributed by atoms with E-state index in [1.165, 1.54) is 18.2 Å². The molecule has 3 rings (SSSR count). The highest BCUT2D eigenvalue weighted by Gasteiger charge is 2.39. The molecule has 0 saturated carbocycles. The molecule has 0 unspecified atom stereocenters. The number of fused-ring (bicyclic) bond motifs is 1. The van der Waals surface area contributed by atoms with Gasteiger partial charge in [-0.15, -0.1) is 0 Å². The summed E-state index contributed by atoms with van der Waals surface area (Å²) in [7, 11) is 0. The SMILES string of the molecule is CC(C)C[C@H](C(=O)O)c1cc(-c2ccc3nonc3c2)c(OCC(F)(F)F)c(C(F)(F)F)c1. The van der Waals surface area contributed by atoms with E-state index in [9.17, 15) is 36.2 Å². The molecule has 178 valence electrons. The average Bonchev–Trinajstić information content (AvgIpc) is 3.16. The van der Waals surface area contributed by atoms with Gasteiger partial charge in [-0.1, -0.05) is 19.9 Å². The number of nitrogens with zero attached hydrogens (tertiary/aromatic N) is 2. The highest BCUT2D eigenvalue weighted by Crippen LogP contribution is 2.45. The Morgan fingerprint density at radius 1 is 1.06 bits per heavy atom. The van der Waals surface area contributed by atoms with E-state index < -0.39 is 42.2 Å². The van der Waals surface area contributed by atoms with E-state index in [0.717, 1.165) is 6.07 Å². The van der Waals surface area contributed by atoms with Gasteiger partial charge in [0.05, 0.1) is 11.5 Å². The molecule has 0 aliphatic rings. The van der Waals surface area contributed by atoms with Gasteiger partial charge in [0.15, 0.2) is 6.61 Å². The Labute approximate surface area is 183 Å². The third-order valence-corrected chi connectivity index (χ3v) is 4.77. The van der Waals surface area contributed by atoms with E-state index in [4.69, 9.17) is 0 Å². The van der Waals surface area contributed by atoms with E-state index in [0.29, 0.717) is 6.07 Å². The fourth-order valence-corrected chi connectivity index (χ4v) is 3.39.